The Morgan fingerprint density at radius 3 is 2.81 bits per heavy atom. The monoisotopic (exact) mass is 273 g/mol. The molecule has 1 nitrogen and oxygen atoms in total. The molecule has 0 spiro atoms. The average Bonchev–Trinajstić information content (AvgIpc) is 2.24. The van der Waals surface area contributed by atoms with Crippen LogP contribution in [0.3, 0.4) is 0 Å². The van der Waals surface area contributed by atoms with Gasteiger partial charge in [0.25, 0.3) is 0 Å². The average molecular weight is 274 g/mol. The summed E-state index contributed by atoms with van der Waals surface area (Å²) in [6.07, 6.45) is 5.15. The van der Waals surface area contributed by atoms with Crippen molar-refractivity contribution in [1.82, 2.24) is 5.32 Å². The fourth-order valence-electron chi connectivity index (χ4n) is 1.17. The third kappa shape index (κ3) is 4.67. The van der Waals surface area contributed by atoms with Gasteiger partial charge in [-0.15, -0.1) is 18.2 Å². The molecular formula is C12H13Cl2NS. The molecule has 1 aromatic carbocycles. The van der Waals surface area contributed by atoms with Crippen LogP contribution >= 0.6 is 35.0 Å². The Kier molecular flexibility index (Phi) is 6.08. The summed E-state index contributed by atoms with van der Waals surface area (Å²) in [5, 5.41) is 4.78. The van der Waals surface area contributed by atoms with E-state index in [9.17, 15) is 0 Å². The number of hydrogen-bond acceptors (Lipinski definition) is 2. The Labute approximate surface area is 111 Å². The van der Waals surface area contributed by atoms with Crippen LogP contribution in [0.1, 0.15) is 6.92 Å². The van der Waals surface area contributed by atoms with Crippen LogP contribution in [-0.4, -0.2) is 18.3 Å². The van der Waals surface area contributed by atoms with Crippen molar-refractivity contribution in [2.45, 2.75) is 17.1 Å². The van der Waals surface area contributed by atoms with Crippen molar-refractivity contribution in [3.05, 3.63) is 28.2 Å². The Bertz CT molecular complexity index is 387. The summed E-state index contributed by atoms with van der Waals surface area (Å²) < 4.78 is 0. The van der Waals surface area contributed by atoms with Gasteiger partial charge < -0.3 is 5.32 Å². The number of nitrogens with one attached hydrogen (secondary N) is 1. The first-order valence-electron chi connectivity index (χ1n) is 4.89. The lowest BCUT2D eigenvalue weighted by molar-refractivity contribution is 0.748. The summed E-state index contributed by atoms with van der Waals surface area (Å²) in [5.74, 6) is 2.54. The number of rotatable bonds is 5. The molecule has 1 N–H and O–H groups in total. The fraction of sp³-hybridized carbons (Fsp3) is 0.333. The molecule has 1 atom stereocenters. The van der Waals surface area contributed by atoms with Crippen LogP contribution in [0.25, 0.3) is 0 Å². The maximum Gasteiger partial charge on any atom is 0.0603 e. The van der Waals surface area contributed by atoms with E-state index in [0.29, 0.717) is 21.8 Å². The van der Waals surface area contributed by atoms with E-state index in [0.717, 1.165) is 11.4 Å². The Balaban J connectivity index is 2.47. The molecule has 16 heavy (non-hydrogen) atoms. The Morgan fingerprint density at radius 2 is 2.19 bits per heavy atom. The van der Waals surface area contributed by atoms with E-state index in [4.69, 9.17) is 29.6 Å². The van der Waals surface area contributed by atoms with Crippen molar-refractivity contribution in [2.75, 3.05) is 13.1 Å². The molecule has 0 radical (unpaired) electrons. The van der Waals surface area contributed by atoms with Gasteiger partial charge in [-0.2, -0.15) is 0 Å². The molecule has 1 aromatic rings. The first kappa shape index (κ1) is 13.7. The molecular weight excluding hydrogens is 261 g/mol. The molecule has 1 rings (SSSR count). The number of thioether (sulfide) groups is 1. The van der Waals surface area contributed by atoms with Crippen LogP contribution in [0.2, 0.25) is 10.0 Å². The van der Waals surface area contributed by atoms with E-state index in [2.05, 4.69) is 18.2 Å². The lowest BCUT2D eigenvalue weighted by Gasteiger charge is -2.11. The van der Waals surface area contributed by atoms with Gasteiger partial charge in [-0.1, -0.05) is 36.0 Å². The van der Waals surface area contributed by atoms with Gasteiger partial charge in [0, 0.05) is 16.7 Å². The van der Waals surface area contributed by atoms with E-state index >= 15 is 0 Å². The van der Waals surface area contributed by atoms with Crippen LogP contribution in [0.5, 0.6) is 0 Å². The van der Waals surface area contributed by atoms with Gasteiger partial charge in [-0.05, 0) is 18.2 Å². The van der Waals surface area contributed by atoms with Gasteiger partial charge in [0.15, 0.2) is 0 Å². The molecule has 0 heterocycles. The zero-order chi connectivity index (χ0) is 12.0. The van der Waals surface area contributed by atoms with Crippen LogP contribution in [0, 0.1) is 12.3 Å². The highest BCUT2D eigenvalue weighted by molar-refractivity contribution is 8.00. The largest absolute Gasteiger partial charge is 0.305 e. The molecule has 0 saturated carbocycles. The van der Waals surface area contributed by atoms with Crippen LogP contribution in [-0.2, 0) is 0 Å². The molecule has 86 valence electrons. The molecule has 0 aliphatic heterocycles. The van der Waals surface area contributed by atoms with Crippen LogP contribution in [0.4, 0.5) is 0 Å². The van der Waals surface area contributed by atoms with E-state index in [1.165, 1.54) is 0 Å². The maximum absolute atomic E-state index is 5.94. The predicted molar refractivity (Wildman–Crippen MR) is 73.5 cm³/mol. The third-order valence-corrected chi connectivity index (χ3v) is 3.72. The number of halogens is 2. The normalized spacial score (nSPS) is 12.1. The second-order valence-corrected chi connectivity index (χ2v) is 5.67. The van der Waals surface area contributed by atoms with E-state index < -0.39 is 0 Å². The molecule has 0 aliphatic rings. The summed E-state index contributed by atoms with van der Waals surface area (Å²) in [4.78, 5) is 1.12. The van der Waals surface area contributed by atoms with Crippen molar-refractivity contribution in [3.63, 3.8) is 0 Å². The molecule has 0 fully saturated rings. The van der Waals surface area contributed by atoms with Gasteiger partial charge >= 0.3 is 0 Å². The number of hydrogen-bond donors (Lipinski definition) is 1. The first-order valence-corrected chi connectivity index (χ1v) is 6.53. The summed E-state index contributed by atoms with van der Waals surface area (Å²) in [5.41, 5.74) is 0. The summed E-state index contributed by atoms with van der Waals surface area (Å²) in [6, 6.07) is 5.66. The summed E-state index contributed by atoms with van der Waals surface area (Å²) in [6.45, 7) is 3.61. The van der Waals surface area contributed by atoms with Gasteiger partial charge in [0.1, 0.15) is 0 Å². The fourth-order valence-corrected chi connectivity index (χ4v) is 2.53. The van der Waals surface area contributed by atoms with Gasteiger partial charge in [0.2, 0.25) is 0 Å². The highest BCUT2D eigenvalue weighted by Crippen LogP contribution is 2.29. The standard InChI is InChI=1S/C12H13Cl2NS/c1-3-6-15-8-9(2)16-10-4-5-11(13)12(14)7-10/h1,4-5,7,9,15H,6,8H2,2H3. The van der Waals surface area contributed by atoms with Crippen LogP contribution in [0.15, 0.2) is 23.1 Å². The SMILES string of the molecule is C#CCNCC(C)Sc1ccc(Cl)c(Cl)c1. The van der Waals surface area contributed by atoms with Crippen molar-refractivity contribution in [1.29, 1.82) is 0 Å². The topological polar surface area (TPSA) is 12.0 Å². The quantitative estimate of drug-likeness (QED) is 0.499. The van der Waals surface area contributed by atoms with Crippen molar-refractivity contribution < 1.29 is 0 Å². The van der Waals surface area contributed by atoms with Gasteiger partial charge in [-0.3, -0.25) is 0 Å². The molecule has 0 aromatic heterocycles. The van der Waals surface area contributed by atoms with Gasteiger partial charge in [-0.25, -0.2) is 0 Å². The number of benzene rings is 1. The van der Waals surface area contributed by atoms with Crippen LogP contribution < -0.4 is 5.32 Å². The minimum atomic E-state index is 0.436. The highest BCUT2D eigenvalue weighted by Gasteiger charge is 2.05. The molecule has 1 unspecified atom stereocenters. The summed E-state index contributed by atoms with van der Waals surface area (Å²) >= 11 is 13.5. The zero-order valence-electron chi connectivity index (χ0n) is 8.97. The van der Waals surface area contributed by atoms with Crippen molar-refractivity contribution in [3.8, 4) is 12.3 Å². The van der Waals surface area contributed by atoms with Gasteiger partial charge in [0.05, 0.1) is 16.6 Å². The smallest absolute Gasteiger partial charge is 0.0603 e. The van der Waals surface area contributed by atoms with Crippen molar-refractivity contribution >= 4 is 35.0 Å². The molecule has 0 aliphatic carbocycles. The summed E-state index contributed by atoms with van der Waals surface area (Å²) in [7, 11) is 0. The second kappa shape index (κ2) is 7.09. The Hall–Kier alpha value is -0.330. The maximum atomic E-state index is 5.94. The molecule has 4 heteroatoms. The van der Waals surface area contributed by atoms with E-state index in [-0.39, 0.29) is 0 Å². The first-order chi connectivity index (χ1) is 7.63. The second-order valence-electron chi connectivity index (χ2n) is 3.34. The minimum absolute atomic E-state index is 0.436. The van der Waals surface area contributed by atoms with Crippen molar-refractivity contribution in [2.24, 2.45) is 0 Å². The zero-order valence-corrected chi connectivity index (χ0v) is 11.3. The molecule has 0 amide bonds. The number of terminal acetylenes is 1. The Morgan fingerprint density at radius 1 is 1.44 bits per heavy atom. The predicted octanol–water partition coefficient (Wildman–Crippen LogP) is 3.70. The third-order valence-electron chi connectivity index (χ3n) is 1.89. The minimum Gasteiger partial charge on any atom is -0.305 e. The molecule has 0 saturated heterocycles. The van der Waals surface area contributed by atoms with E-state index in [1.54, 1.807) is 11.8 Å². The van der Waals surface area contributed by atoms with E-state index in [1.807, 2.05) is 18.2 Å². The highest BCUT2D eigenvalue weighted by atomic mass is 35.5. The molecule has 0 bridgehead atoms. The lowest BCUT2D eigenvalue weighted by atomic mass is 10.4. The lowest BCUT2D eigenvalue weighted by Crippen LogP contribution is -2.22.